The highest BCUT2D eigenvalue weighted by atomic mass is 79.9. The number of anilines is 2. The summed E-state index contributed by atoms with van der Waals surface area (Å²) in [5.41, 5.74) is -4.03. The van der Waals surface area contributed by atoms with Gasteiger partial charge in [0.05, 0.1) is 27.2 Å². The lowest BCUT2D eigenvalue weighted by Crippen LogP contribution is -2.12. The van der Waals surface area contributed by atoms with Crippen molar-refractivity contribution < 1.29 is 23.0 Å². The number of hydrogen-bond acceptors (Lipinski definition) is 5. The largest absolute Gasteiger partial charge is 0.418 e. The molecule has 2 rings (SSSR count). The summed E-state index contributed by atoms with van der Waals surface area (Å²) >= 11 is 8.97. The third-order valence-electron chi connectivity index (χ3n) is 3.32. The molecule has 0 unspecified atom stereocenters. The second-order valence-electron chi connectivity index (χ2n) is 5.10. The first kappa shape index (κ1) is 19.9. The third-order valence-corrected chi connectivity index (χ3v) is 4.16. The van der Waals surface area contributed by atoms with Gasteiger partial charge in [0.25, 0.3) is 11.4 Å². The van der Waals surface area contributed by atoms with Gasteiger partial charge < -0.3 is 5.32 Å². The maximum atomic E-state index is 13.4. The Hall–Kier alpha value is -2.40. The lowest BCUT2D eigenvalue weighted by Gasteiger charge is -2.17. The highest BCUT2D eigenvalue weighted by molar-refractivity contribution is 9.10. The van der Waals surface area contributed by atoms with Gasteiger partial charge in [-0.3, -0.25) is 20.2 Å². The number of nitrogens with zero attached hydrogens (tertiary/aromatic N) is 2. The van der Waals surface area contributed by atoms with Crippen molar-refractivity contribution in [2.75, 3.05) is 5.32 Å². The number of hydrogen-bond donors (Lipinski definition) is 1. The average Bonchev–Trinajstić information content (AvgIpc) is 2.48. The predicted molar refractivity (Wildman–Crippen MR) is 91.9 cm³/mol. The zero-order chi connectivity index (χ0) is 19.8. The van der Waals surface area contributed by atoms with Gasteiger partial charge in [0.15, 0.2) is 0 Å². The second-order valence-corrected chi connectivity index (χ2v) is 6.39. The van der Waals surface area contributed by atoms with Gasteiger partial charge in [-0.15, -0.1) is 0 Å². The highest BCUT2D eigenvalue weighted by Gasteiger charge is 2.40. The number of aryl methyl sites for hydroxylation is 1. The molecule has 138 valence electrons. The maximum absolute atomic E-state index is 13.4. The van der Waals surface area contributed by atoms with Crippen LogP contribution in [0.5, 0.6) is 0 Å². The molecule has 0 aliphatic heterocycles. The van der Waals surface area contributed by atoms with Crippen LogP contribution in [0.4, 0.5) is 35.9 Å². The Morgan fingerprint density at radius 3 is 2.15 bits per heavy atom. The van der Waals surface area contributed by atoms with Gasteiger partial charge in [0, 0.05) is 15.6 Å². The van der Waals surface area contributed by atoms with Gasteiger partial charge in [-0.2, -0.15) is 13.2 Å². The molecule has 0 fully saturated rings. The summed E-state index contributed by atoms with van der Waals surface area (Å²) in [5, 5.41) is 24.7. The third kappa shape index (κ3) is 4.05. The number of alkyl halides is 3. The van der Waals surface area contributed by atoms with Crippen LogP contribution in [0.2, 0.25) is 5.02 Å². The maximum Gasteiger partial charge on any atom is 0.418 e. The normalized spacial score (nSPS) is 11.3. The molecular weight excluding hydrogens is 447 g/mol. The molecule has 2 aromatic carbocycles. The predicted octanol–water partition coefficient (Wildman–Crippen LogP) is 5.99. The molecule has 12 heteroatoms. The summed E-state index contributed by atoms with van der Waals surface area (Å²) in [6, 6.07) is 3.55. The molecule has 0 aliphatic rings. The van der Waals surface area contributed by atoms with Crippen LogP contribution in [0.25, 0.3) is 0 Å². The number of rotatable bonds is 4. The first-order valence-electron chi connectivity index (χ1n) is 6.68. The van der Waals surface area contributed by atoms with Crippen LogP contribution < -0.4 is 5.32 Å². The molecule has 0 aromatic heterocycles. The monoisotopic (exact) mass is 453 g/mol. The van der Waals surface area contributed by atoms with Crippen molar-refractivity contribution >= 4 is 50.3 Å². The minimum atomic E-state index is -5.06. The van der Waals surface area contributed by atoms with Crippen LogP contribution in [0.3, 0.4) is 0 Å². The lowest BCUT2D eigenvalue weighted by molar-refractivity contribution is -0.394. The fourth-order valence-electron chi connectivity index (χ4n) is 2.20. The van der Waals surface area contributed by atoms with E-state index in [-0.39, 0.29) is 16.2 Å². The topological polar surface area (TPSA) is 98.3 Å². The minimum Gasteiger partial charge on any atom is -0.348 e. The fourth-order valence-corrected chi connectivity index (χ4v) is 3.26. The van der Waals surface area contributed by atoms with Crippen LogP contribution in [-0.2, 0) is 6.18 Å². The van der Waals surface area contributed by atoms with E-state index < -0.39 is 38.6 Å². The van der Waals surface area contributed by atoms with E-state index >= 15 is 0 Å². The number of nitrogens with one attached hydrogen (secondary N) is 1. The summed E-state index contributed by atoms with van der Waals surface area (Å²) in [7, 11) is 0. The molecule has 26 heavy (non-hydrogen) atoms. The van der Waals surface area contributed by atoms with Gasteiger partial charge in [-0.1, -0.05) is 11.6 Å². The standard InChI is InChI=1S/C14H8BrClF3N3O4/c1-6-2-7(16)3-10(15)12(6)20-13-9(14(17,18)19)4-8(21(23)24)5-11(13)22(25)26/h2-5,20H,1H3. The van der Waals surface area contributed by atoms with Crippen LogP contribution in [-0.4, -0.2) is 9.85 Å². The summed E-state index contributed by atoms with van der Waals surface area (Å²) in [5.74, 6) is 0. The van der Waals surface area contributed by atoms with E-state index in [2.05, 4.69) is 21.2 Å². The molecule has 2 aromatic rings. The van der Waals surface area contributed by atoms with Crippen LogP contribution >= 0.6 is 27.5 Å². The van der Waals surface area contributed by atoms with Gasteiger partial charge in [0.1, 0.15) is 5.69 Å². The summed E-state index contributed by atoms with van der Waals surface area (Å²) in [6.45, 7) is 1.53. The van der Waals surface area contributed by atoms with Gasteiger partial charge in [-0.25, -0.2) is 0 Å². The van der Waals surface area contributed by atoms with E-state index in [1.54, 1.807) is 0 Å². The summed E-state index contributed by atoms with van der Waals surface area (Å²) in [4.78, 5) is 19.8. The Bertz CT molecular complexity index is 898. The molecular formula is C14H8BrClF3N3O4. The quantitative estimate of drug-likeness (QED) is 0.452. The number of halogens is 5. The second kappa shape index (κ2) is 7.08. The summed E-state index contributed by atoms with van der Waals surface area (Å²) < 4.78 is 40.4. The molecule has 0 bridgehead atoms. The smallest absolute Gasteiger partial charge is 0.348 e. The van der Waals surface area contributed by atoms with E-state index in [0.717, 1.165) is 0 Å². The van der Waals surface area contributed by atoms with Crippen LogP contribution in [0.15, 0.2) is 28.7 Å². The van der Waals surface area contributed by atoms with Crippen molar-refractivity contribution in [3.05, 3.63) is 65.1 Å². The van der Waals surface area contributed by atoms with Crippen LogP contribution in [0.1, 0.15) is 11.1 Å². The lowest BCUT2D eigenvalue weighted by atomic mass is 10.1. The van der Waals surface area contributed by atoms with Crippen molar-refractivity contribution in [2.45, 2.75) is 13.1 Å². The van der Waals surface area contributed by atoms with E-state index in [1.165, 1.54) is 19.1 Å². The van der Waals surface area contributed by atoms with Crippen LogP contribution in [0, 0.1) is 27.2 Å². The molecule has 0 saturated carbocycles. The Morgan fingerprint density at radius 1 is 1.08 bits per heavy atom. The summed E-state index contributed by atoms with van der Waals surface area (Å²) in [6.07, 6.45) is -5.06. The van der Waals surface area contributed by atoms with E-state index in [4.69, 9.17) is 11.6 Å². The molecule has 0 heterocycles. The first-order valence-corrected chi connectivity index (χ1v) is 7.85. The molecule has 0 saturated heterocycles. The number of non-ortho nitro benzene ring substituents is 1. The highest BCUT2D eigenvalue weighted by Crippen LogP contribution is 2.45. The van der Waals surface area contributed by atoms with Crippen molar-refractivity contribution in [3.8, 4) is 0 Å². The number of nitro benzene ring substituents is 2. The fraction of sp³-hybridized carbons (Fsp3) is 0.143. The number of nitro groups is 2. The van der Waals surface area contributed by atoms with Gasteiger partial charge in [0.2, 0.25) is 0 Å². The van der Waals surface area contributed by atoms with Gasteiger partial charge >= 0.3 is 6.18 Å². The number of benzene rings is 2. The van der Waals surface area contributed by atoms with Crippen molar-refractivity contribution in [1.29, 1.82) is 0 Å². The Morgan fingerprint density at radius 2 is 1.69 bits per heavy atom. The van der Waals surface area contributed by atoms with Crippen molar-refractivity contribution in [3.63, 3.8) is 0 Å². The molecule has 0 aliphatic carbocycles. The molecule has 0 spiro atoms. The molecule has 0 radical (unpaired) electrons. The molecule has 0 amide bonds. The average molecular weight is 455 g/mol. The SMILES string of the molecule is Cc1cc(Cl)cc(Br)c1Nc1c([N+](=O)[O-])cc([N+](=O)[O-])cc1C(F)(F)F. The molecule has 7 nitrogen and oxygen atoms in total. The Kier molecular flexibility index (Phi) is 5.42. The zero-order valence-electron chi connectivity index (χ0n) is 12.7. The van der Waals surface area contributed by atoms with Gasteiger partial charge in [-0.05, 0) is 40.5 Å². The van der Waals surface area contributed by atoms with Crippen molar-refractivity contribution in [1.82, 2.24) is 0 Å². The minimum absolute atomic E-state index is 0.108. The van der Waals surface area contributed by atoms with Crippen molar-refractivity contribution in [2.24, 2.45) is 0 Å². The zero-order valence-corrected chi connectivity index (χ0v) is 15.1. The van der Waals surface area contributed by atoms with E-state index in [9.17, 15) is 33.4 Å². The Balaban J connectivity index is 2.78. The molecule has 1 N–H and O–H groups in total. The van der Waals surface area contributed by atoms with E-state index in [1.807, 2.05) is 0 Å². The van der Waals surface area contributed by atoms with E-state index in [0.29, 0.717) is 16.7 Å². The molecule has 0 atom stereocenters. The Labute approximate surface area is 157 Å². The first-order chi connectivity index (χ1) is 11.9.